The van der Waals surface area contributed by atoms with Crippen molar-refractivity contribution in [3.05, 3.63) is 0 Å². The lowest BCUT2D eigenvalue weighted by atomic mass is 9.93. The molecular weight excluding hydrogens is 220 g/mol. The first-order chi connectivity index (χ1) is 8.18. The minimum atomic E-state index is -0.879. The number of carbonyl (C=O) groups excluding carboxylic acids is 1. The van der Waals surface area contributed by atoms with Gasteiger partial charge in [0.1, 0.15) is 6.04 Å². The van der Waals surface area contributed by atoms with Crippen molar-refractivity contribution in [2.75, 3.05) is 6.54 Å². The van der Waals surface area contributed by atoms with Gasteiger partial charge in [0.2, 0.25) is 0 Å². The molecule has 0 aromatic carbocycles. The molecule has 2 rings (SSSR count). The highest BCUT2D eigenvalue weighted by Crippen LogP contribution is 2.21. The molecule has 0 aromatic rings. The van der Waals surface area contributed by atoms with Gasteiger partial charge in [0.05, 0.1) is 0 Å². The molecule has 96 valence electrons. The van der Waals surface area contributed by atoms with E-state index >= 15 is 0 Å². The van der Waals surface area contributed by atoms with Crippen LogP contribution in [0.15, 0.2) is 0 Å². The highest BCUT2D eigenvalue weighted by molar-refractivity contribution is 5.82. The Bertz CT molecular complexity index is 302. The molecule has 1 aliphatic carbocycles. The summed E-state index contributed by atoms with van der Waals surface area (Å²) in [5.41, 5.74) is 0. The third-order valence-electron chi connectivity index (χ3n) is 3.73. The van der Waals surface area contributed by atoms with Crippen molar-refractivity contribution < 1.29 is 14.7 Å². The third kappa shape index (κ3) is 2.90. The first-order valence-corrected chi connectivity index (χ1v) is 6.48. The second-order valence-corrected chi connectivity index (χ2v) is 4.97. The smallest absolute Gasteiger partial charge is 0.326 e. The summed E-state index contributed by atoms with van der Waals surface area (Å²) in [4.78, 5) is 24.7. The van der Waals surface area contributed by atoms with E-state index in [2.05, 4.69) is 5.32 Å². The lowest BCUT2D eigenvalue weighted by molar-refractivity contribution is -0.142. The number of carbonyl (C=O) groups is 2. The second kappa shape index (κ2) is 5.38. The summed E-state index contributed by atoms with van der Waals surface area (Å²) in [6.07, 6.45) is 6.60. The van der Waals surface area contributed by atoms with Crippen LogP contribution in [-0.2, 0) is 4.79 Å². The molecule has 5 nitrogen and oxygen atoms in total. The van der Waals surface area contributed by atoms with Crippen LogP contribution in [0.1, 0.15) is 44.9 Å². The van der Waals surface area contributed by atoms with E-state index in [-0.39, 0.29) is 12.1 Å². The Morgan fingerprint density at radius 1 is 1.06 bits per heavy atom. The zero-order chi connectivity index (χ0) is 12.3. The van der Waals surface area contributed by atoms with Gasteiger partial charge in [-0.3, -0.25) is 0 Å². The van der Waals surface area contributed by atoms with E-state index in [0.717, 1.165) is 38.5 Å². The van der Waals surface area contributed by atoms with Gasteiger partial charge in [-0.2, -0.15) is 0 Å². The molecule has 5 heteroatoms. The van der Waals surface area contributed by atoms with E-state index in [1.165, 1.54) is 4.90 Å². The number of likely N-dealkylation sites (tertiary alicyclic amines) is 1. The number of nitrogens with one attached hydrogen (secondary N) is 1. The molecule has 1 saturated heterocycles. The fraction of sp³-hybridized carbons (Fsp3) is 0.833. The summed E-state index contributed by atoms with van der Waals surface area (Å²) >= 11 is 0. The van der Waals surface area contributed by atoms with Gasteiger partial charge in [0.15, 0.2) is 0 Å². The molecule has 1 aliphatic heterocycles. The number of rotatable bonds is 2. The van der Waals surface area contributed by atoms with Crippen LogP contribution < -0.4 is 5.32 Å². The molecule has 0 spiro atoms. The molecule has 1 saturated carbocycles. The van der Waals surface area contributed by atoms with E-state index in [1.807, 2.05) is 0 Å². The summed E-state index contributed by atoms with van der Waals surface area (Å²) in [6.45, 7) is 0.565. The maximum atomic E-state index is 12.0. The van der Waals surface area contributed by atoms with Crippen molar-refractivity contribution in [3.8, 4) is 0 Å². The summed E-state index contributed by atoms with van der Waals surface area (Å²) < 4.78 is 0. The number of carboxylic acid groups (broad SMARTS) is 1. The van der Waals surface area contributed by atoms with Crippen molar-refractivity contribution >= 4 is 12.0 Å². The first-order valence-electron chi connectivity index (χ1n) is 6.48. The van der Waals surface area contributed by atoms with Crippen LogP contribution in [0.3, 0.4) is 0 Å². The van der Waals surface area contributed by atoms with Gasteiger partial charge in [-0.15, -0.1) is 0 Å². The average molecular weight is 240 g/mol. The number of carboxylic acids is 1. The number of urea groups is 1. The summed E-state index contributed by atoms with van der Waals surface area (Å²) in [5.74, 6) is -0.879. The van der Waals surface area contributed by atoms with Crippen molar-refractivity contribution in [3.63, 3.8) is 0 Å². The van der Waals surface area contributed by atoms with Gasteiger partial charge in [-0.1, -0.05) is 12.8 Å². The highest BCUT2D eigenvalue weighted by atomic mass is 16.4. The fourth-order valence-corrected chi connectivity index (χ4v) is 2.42. The van der Waals surface area contributed by atoms with Crippen LogP contribution >= 0.6 is 0 Å². The Labute approximate surface area is 101 Å². The van der Waals surface area contributed by atoms with Crippen LogP contribution in [0, 0.1) is 0 Å². The highest BCUT2D eigenvalue weighted by Gasteiger charge is 2.32. The molecule has 0 aromatic heterocycles. The predicted molar refractivity (Wildman–Crippen MR) is 62.8 cm³/mol. The van der Waals surface area contributed by atoms with Gasteiger partial charge in [0.25, 0.3) is 0 Å². The summed E-state index contributed by atoms with van der Waals surface area (Å²) in [5, 5.41) is 12.1. The Kier molecular flexibility index (Phi) is 3.86. The van der Waals surface area contributed by atoms with E-state index in [0.29, 0.717) is 13.0 Å². The van der Waals surface area contributed by atoms with Crippen LogP contribution in [0.2, 0.25) is 0 Å². The topological polar surface area (TPSA) is 69.6 Å². The molecule has 0 radical (unpaired) electrons. The van der Waals surface area contributed by atoms with Crippen molar-refractivity contribution in [1.82, 2.24) is 10.2 Å². The van der Waals surface area contributed by atoms with Gasteiger partial charge >= 0.3 is 12.0 Å². The van der Waals surface area contributed by atoms with E-state index in [4.69, 9.17) is 5.11 Å². The Balaban J connectivity index is 1.97. The third-order valence-corrected chi connectivity index (χ3v) is 3.73. The van der Waals surface area contributed by atoms with Gasteiger partial charge in [-0.05, 0) is 32.1 Å². The van der Waals surface area contributed by atoms with Crippen LogP contribution in [-0.4, -0.2) is 40.6 Å². The van der Waals surface area contributed by atoms with E-state index < -0.39 is 12.0 Å². The van der Waals surface area contributed by atoms with E-state index in [1.54, 1.807) is 0 Å². The second-order valence-electron chi connectivity index (χ2n) is 4.97. The minimum Gasteiger partial charge on any atom is -0.480 e. The minimum absolute atomic E-state index is 0.191. The first kappa shape index (κ1) is 12.2. The molecular formula is C12H20N2O3. The maximum Gasteiger partial charge on any atom is 0.326 e. The van der Waals surface area contributed by atoms with Crippen LogP contribution in [0.5, 0.6) is 0 Å². The van der Waals surface area contributed by atoms with Crippen molar-refractivity contribution in [2.45, 2.75) is 57.0 Å². The fourth-order valence-electron chi connectivity index (χ4n) is 2.42. The van der Waals surface area contributed by atoms with E-state index in [9.17, 15) is 9.59 Å². The number of amides is 2. The molecule has 1 heterocycles. The molecule has 2 aliphatic rings. The molecule has 2 amide bonds. The molecule has 2 fully saturated rings. The summed E-state index contributed by atoms with van der Waals surface area (Å²) in [7, 11) is 0. The van der Waals surface area contributed by atoms with Crippen LogP contribution in [0.4, 0.5) is 4.79 Å². The Morgan fingerprint density at radius 3 is 2.41 bits per heavy atom. The molecule has 1 unspecified atom stereocenters. The van der Waals surface area contributed by atoms with Crippen molar-refractivity contribution in [1.29, 1.82) is 0 Å². The zero-order valence-electron chi connectivity index (χ0n) is 10.0. The molecule has 0 bridgehead atoms. The van der Waals surface area contributed by atoms with Crippen molar-refractivity contribution in [2.24, 2.45) is 0 Å². The number of nitrogens with zero attached hydrogens (tertiary/aromatic N) is 1. The Hall–Kier alpha value is -1.26. The van der Waals surface area contributed by atoms with Crippen LogP contribution in [0.25, 0.3) is 0 Å². The average Bonchev–Trinajstić information content (AvgIpc) is 2.48. The number of hydrogen-bond donors (Lipinski definition) is 2. The molecule has 2 N–H and O–H groups in total. The molecule has 17 heavy (non-hydrogen) atoms. The number of aliphatic carboxylic acids is 1. The lowest BCUT2D eigenvalue weighted by Crippen LogP contribution is -2.52. The maximum absolute atomic E-state index is 12.0. The SMILES string of the molecule is O=C(O)C1CCCCCN1C(=O)NC1CCC1. The molecule has 1 atom stereocenters. The normalized spacial score (nSPS) is 25.9. The monoisotopic (exact) mass is 240 g/mol. The largest absolute Gasteiger partial charge is 0.480 e. The van der Waals surface area contributed by atoms with Gasteiger partial charge < -0.3 is 15.3 Å². The lowest BCUT2D eigenvalue weighted by Gasteiger charge is -2.32. The van der Waals surface area contributed by atoms with Gasteiger partial charge in [-0.25, -0.2) is 9.59 Å². The predicted octanol–water partition coefficient (Wildman–Crippen LogP) is 1.58. The number of hydrogen-bond acceptors (Lipinski definition) is 2. The summed E-state index contributed by atoms with van der Waals surface area (Å²) in [6, 6.07) is -0.568. The Morgan fingerprint density at radius 2 is 1.82 bits per heavy atom. The quantitative estimate of drug-likeness (QED) is 0.770. The van der Waals surface area contributed by atoms with Gasteiger partial charge in [0, 0.05) is 12.6 Å². The zero-order valence-corrected chi connectivity index (χ0v) is 10.0. The standard InChI is InChI=1S/C12H20N2O3/c15-11(16)10-7-2-1-3-8-14(10)12(17)13-9-5-4-6-9/h9-10H,1-8H2,(H,13,17)(H,15,16).